The number of halogens is 2. The quantitative estimate of drug-likeness (QED) is 0.272. The van der Waals surface area contributed by atoms with Gasteiger partial charge in [-0.2, -0.15) is 0 Å². The van der Waals surface area contributed by atoms with Crippen molar-refractivity contribution >= 4 is 50.7 Å². The minimum atomic E-state index is -4.12. The molecule has 0 aromatic heterocycles. The Morgan fingerprint density at radius 1 is 0.925 bits per heavy atom. The lowest BCUT2D eigenvalue weighted by Crippen LogP contribution is -2.53. The lowest BCUT2D eigenvalue weighted by molar-refractivity contribution is -0.140. The zero-order valence-electron chi connectivity index (χ0n) is 23.1. The molecule has 0 spiro atoms. The van der Waals surface area contributed by atoms with Gasteiger partial charge in [0.1, 0.15) is 12.6 Å². The minimum absolute atomic E-state index is 0.00709. The van der Waals surface area contributed by atoms with E-state index in [2.05, 4.69) is 5.32 Å². The Morgan fingerprint density at radius 3 is 2.12 bits per heavy atom. The average Bonchev–Trinajstić information content (AvgIpc) is 2.92. The number of nitrogens with one attached hydrogen (secondary N) is 1. The fraction of sp³-hybridized carbons (Fsp3) is 0.333. The smallest absolute Gasteiger partial charge is 0.264 e. The van der Waals surface area contributed by atoms with Gasteiger partial charge in [-0.05, 0) is 74.2 Å². The number of benzene rings is 3. The first-order valence-electron chi connectivity index (χ1n) is 13.2. The van der Waals surface area contributed by atoms with Crippen LogP contribution in [0.25, 0.3) is 0 Å². The van der Waals surface area contributed by atoms with E-state index in [0.717, 1.165) is 16.3 Å². The molecule has 3 rings (SSSR count). The maximum atomic E-state index is 14.1. The normalized spacial score (nSPS) is 12.2. The first-order chi connectivity index (χ1) is 19.0. The summed E-state index contributed by atoms with van der Waals surface area (Å²) in [6, 6.07) is 18.9. The molecule has 0 aliphatic heterocycles. The fourth-order valence-corrected chi connectivity index (χ4v) is 6.18. The predicted molar refractivity (Wildman–Crippen MR) is 161 cm³/mol. The van der Waals surface area contributed by atoms with E-state index < -0.39 is 28.5 Å². The van der Waals surface area contributed by atoms with Gasteiger partial charge in [-0.1, -0.05) is 73.4 Å². The molecule has 3 aromatic rings. The molecule has 0 heterocycles. The van der Waals surface area contributed by atoms with E-state index in [-0.39, 0.29) is 23.4 Å². The monoisotopic (exact) mass is 603 g/mol. The molecule has 10 heteroatoms. The van der Waals surface area contributed by atoms with Gasteiger partial charge in [0.2, 0.25) is 11.8 Å². The molecule has 1 atom stereocenters. The van der Waals surface area contributed by atoms with Gasteiger partial charge in [0, 0.05) is 22.6 Å². The van der Waals surface area contributed by atoms with E-state index in [1.165, 1.54) is 17.0 Å². The molecule has 0 radical (unpaired) electrons. The third-order valence-corrected chi connectivity index (χ3v) is 8.79. The Bertz CT molecular complexity index is 1410. The maximum Gasteiger partial charge on any atom is 0.264 e. The first-order valence-corrected chi connectivity index (χ1v) is 15.4. The Balaban J connectivity index is 2.08. The molecule has 0 fully saturated rings. The second-order valence-corrected chi connectivity index (χ2v) is 12.4. The average molecular weight is 605 g/mol. The molecule has 0 aliphatic rings. The summed E-state index contributed by atoms with van der Waals surface area (Å²) < 4.78 is 28.8. The lowest BCUT2D eigenvalue weighted by atomic mass is 10.1. The molecule has 40 heavy (non-hydrogen) atoms. The molecule has 0 saturated carbocycles. The Kier molecular flexibility index (Phi) is 11.0. The third-order valence-electron chi connectivity index (χ3n) is 6.42. The summed E-state index contributed by atoms with van der Waals surface area (Å²) in [6.07, 6.45) is 1.09. The number of carbonyl (C=O) groups is 2. The number of anilines is 1. The number of hydrogen-bond acceptors (Lipinski definition) is 4. The highest BCUT2D eigenvalue weighted by Gasteiger charge is 2.34. The van der Waals surface area contributed by atoms with E-state index >= 15 is 0 Å². The highest BCUT2D eigenvalue weighted by atomic mass is 35.5. The molecule has 0 bridgehead atoms. The van der Waals surface area contributed by atoms with Crippen LogP contribution in [-0.4, -0.2) is 43.8 Å². The number of aryl methyl sites for hydroxylation is 1. The second-order valence-electron chi connectivity index (χ2n) is 9.69. The van der Waals surface area contributed by atoms with Crippen molar-refractivity contribution in [2.45, 2.75) is 64.1 Å². The van der Waals surface area contributed by atoms with Crippen LogP contribution in [0.15, 0.2) is 77.7 Å². The van der Waals surface area contributed by atoms with Gasteiger partial charge in [-0.25, -0.2) is 8.42 Å². The summed E-state index contributed by atoms with van der Waals surface area (Å²) in [7, 11) is -4.12. The van der Waals surface area contributed by atoms with Crippen molar-refractivity contribution in [3.8, 4) is 0 Å². The molecular formula is C30H35Cl2N3O4S. The Labute approximate surface area is 247 Å². The molecule has 0 saturated heterocycles. The number of amides is 2. The zero-order valence-corrected chi connectivity index (χ0v) is 25.4. The Hall–Kier alpha value is -3.07. The van der Waals surface area contributed by atoms with Gasteiger partial charge in [-0.3, -0.25) is 13.9 Å². The van der Waals surface area contributed by atoms with Crippen molar-refractivity contribution in [2.75, 3.05) is 10.8 Å². The predicted octanol–water partition coefficient (Wildman–Crippen LogP) is 6.08. The van der Waals surface area contributed by atoms with Crippen molar-refractivity contribution < 1.29 is 18.0 Å². The van der Waals surface area contributed by atoms with Gasteiger partial charge >= 0.3 is 0 Å². The van der Waals surface area contributed by atoms with Crippen LogP contribution in [0.2, 0.25) is 10.0 Å². The SMILES string of the molecule is CCc1ccc(N(CC(=O)N(Cc2ccc(Cl)cc2Cl)C(CC)C(=O)NC(C)C)S(=O)(=O)c2ccccc2)cc1. The topological polar surface area (TPSA) is 86.8 Å². The largest absolute Gasteiger partial charge is 0.352 e. The van der Waals surface area contributed by atoms with Crippen LogP contribution in [0.1, 0.15) is 45.2 Å². The van der Waals surface area contributed by atoms with Crippen molar-refractivity contribution in [3.05, 3.63) is 94.0 Å². The van der Waals surface area contributed by atoms with Gasteiger partial charge in [0.25, 0.3) is 10.0 Å². The third kappa shape index (κ3) is 7.77. The summed E-state index contributed by atoms with van der Waals surface area (Å²) in [4.78, 5) is 28.7. The molecule has 3 aromatic carbocycles. The fourth-order valence-electron chi connectivity index (χ4n) is 4.28. The molecule has 0 aliphatic carbocycles. The molecule has 7 nitrogen and oxygen atoms in total. The van der Waals surface area contributed by atoms with Crippen molar-refractivity contribution in [1.82, 2.24) is 10.2 Å². The van der Waals surface area contributed by atoms with Crippen LogP contribution in [-0.2, 0) is 32.6 Å². The van der Waals surface area contributed by atoms with Gasteiger partial charge < -0.3 is 10.2 Å². The number of nitrogens with zero attached hydrogens (tertiary/aromatic N) is 2. The zero-order chi connectivity index (χ0) is 29.4. The van der Waals surface area contributed by atoms with Gasteiger partial charge in [0.05, 0.1) is 10.6 Å². The van der Waals surface area contributed by atoms with Crippen LogP contribution >= 0.6 is 23.2 Å². The standard InChI is InChI=1S/C30H35Cl2N3O4S/c1-5-22-12-16-25(17-13-22)35(40(38,39)26-10-8-7-9-11-26)20-29(36)34(28(6-2)30(37)33-21(3)4)19-23-14-15-24(31)18-27(23)32/h7-18,21,28H,5-6,19-20H2,1-4H3,(H,33,37). The first kappa shape index (κ1) is 31.5. The van der Waals surface area contributed by atoms with Crippen LogP contribution in [0, 0.1) is 0 Å². The van der Waals surface area contributed by atoms with Gasteiger partial charge in [0.15, 0.2) is 0 Å². The number of hydrogen-bond donors (Lipinski definition) is 1. The van der Waals surface area contributed by atoms with Gasteiger partial charge in [-0.15, -0.1) is 0 Å². The second kappa shape index (κ2) is 14.0. The van der Waals surface area contributed by atoms with Crippen LogP contribution in [0.5, 0.6) is 0 Å². The number of carbonyl (C=O) groups excluding carboxylic acids is 2. The summed E-state index contributed by atoms with van der Waals surface area (Å²) in [5, 5.41) is 3.65. The summed E-state index contributed by atoms with van der Waals surface area (Å²) in [5.74, 6) is -0.878. The van der Waals surface area contributed by atoms with E-state index in [1.54, 1.807) is 55.5 Å². The minimum Gasteiger partial charge on any atom is -0.352 e. The van der Waals surface area contributed by atoms with Crippen LogP contribution < -0.4 is 9.62 Å². The molecule has 1 unspecified atom stereocenters. The maximum absolute atomic E-state index is 14.1. The van der Waals surface area contributed by atoms with Crippen LogP contribution in [0.4, 0.5) is 5.69 Å². The highest BCUT2D eigenvalue weighted by molar-refractivity contribution is 7.92. The van der Waals surface area contributed by atoms with E-state index in [4.69, 9.17) is 23.2 Å². The van der Waals surface area contributed by atoms with E-state index in [9.17, 15) is 18.0 Å². The Morgan fingerprint density at radius 2 is 1.57 bits per heavy atom. The van der Waals surface area contributed by atoms with Crippen molar-refractivity contribution in [3.63, 3.8) is 0 Å². The molecular weight excluding hydrogens is 569 g/mol. The van der Waals surface area contributed by atoms with Crippen LogP contribution in [0.3, 0.4) is 0 Å². The summed E-state index contributed by atoms with van der Waals surface area (Å²) >= 11 is 12.5. The summed E-state index contributed by atoms with van der Waals surface area (Å²) in [5.41, 5.74) is 1.96. The molecule has 1 N–H and O–H groups in total. The molecule has 214 valence electrons. The van der Waals surface area contributed by atoms with E-state index in [0.29, 0.717) is 27.7 Å². The molecule has 2 amide bonds. The van der Waals surface area contributed by atoms with Crippen molar-refractivity contribution in [2.24, 2.45) is 0 Å². The lowest BCUT2D eigenvalue weighted by Gasteiger charge is -2.33. The number of rotatable bonds is 12. The summed E-state index contributed by atoms with van der Waals surface area (Å²) in [6.45, 7) is 6.95. The van der Waals surface area contributed by atoms with E-state index in [1.807, 2.05) is 32.9 Å². The number of sulfonamides is 1. The highest BCUT2D eigenvalue weighted by Crippen LogP contribution is 2.27. The van der Waals surface area contributed by atoms with Crippen molar-refractivity contribution in [1.29, 1.82) is 0 Å².